The van der Waals surface area contributed by atoms with Crippen LogP contribution in [0.15, 0.2) is 18.2 Å². The van der Waals surface area contributed by atoms with Crippen molar-refractivity contribution in [2.24, 2.45) is 0 Å². The number of benzene rings is 1. The van der Waals surface area contributed by atoms with Gasteiger partial charge in [0, 0.05) is 25.9 Å². The lowest BCUT2D eigenvalue weighted by molar-refractivity contribution is 0.0894. The van der Waals surface area contributed by atoms with Crippen LogP contribution in [0.5, 0.6) is 5.75 Å². The Kier molecular flexibility index (Phi) is 5.09. The zero-order valence-corrected chi connectivity index (χ0v) is 12.4. The fraction of sp³-hybridized carbons (Fsp3) is 0.500. The summed E-state index contributed by atoms with van der Waals surface area (Å²) in [5.41, 5.74) is 0.639. The Bertz CT molecular complexity index is 475. The number of carbonyl (C=O) groups excluding carboxylic acids is 1. The first kappa shape index (κ1) is 14.9. The van der Waals surface area contributed by atoms with Crippen molar-refractivity contribution in [2.75, 3.05) is 32.6 Å². The lowest BCUT2D eigenvalue weighted by Gasteiger charge is -2.21. The molecule has 0 radical (unpaired) electrons. The number of rotatable bonds is 4. The van der Waals surface area contributed by atoms with Gasteiger partial charge in [0.25, 0.3) is 0 Å². The Labute approximate surface area is 123 Å². The maximum atomic E-state index is 12.1. The number of nitrogens with one attached hydrogen (secondary N) is 1. The zero-order valence-electron chi connectivity index (χ0n) is 11.7. The molecule has 1 aliphatic rings. The number of hydrogen-bond acceptors (Lipinski definition) is 3. The van der Waals surface area contributed by atoms with Crippen molar-refractivity contribution in [1.29, 1.82) is 0 Å². The number of halogens is 1. The highest BCUT2D eigenvalue weighted by atomic mass is 35.5. The van der Waals surface area contributed by atoms with Gasteiger partial charge in [0.15, 0.2) is 0 Å². The minimum absolute atomic E-state index is 0.144. The maximum absolute atomic E-state index is 12.1. The average Bonchev–Trinajstić information content (AvgIpc) is 2.91. The fourth-order valence-electron chi connectivity index (χ4n) is 2.14. The summed E-state index contributed by atoms with van der Waals surface area (Å²) in [6.07, 6.45) is 2.21. The molecule has 0 spiro atoms. The van der Waals surface area contributed by atoms with E-state index in [0.29, 0.717) is 23.0 Å². The van der Waals surface area contributed by atoms with E-state index >= 15 is 0 Å². The normalized spacial score (nSPS) is 17.9. The van der Waals surface area contributed by atoms with Crippen LogP contribution in [-0.4, -0.2) is 44.3 Å². The molecule has 20 heavy (non-hydrogen) atoms. The number of amides is 2. The van der Waals surface area contributed by atoms with Crippen LogP contribution >= 0.6 is 11.6 Å². The number of ether oxygens (including phenoxy) is 2. The Morgan fingerprint density at radius 1 is 1.60 bits per heavy atom. The quantitative estimate of drug-likeness (QED) is 0.929. The summed E-state index contributed by atoms with van der Waals surface area (Å²) < 4.78 is 10.6. The topological polar surface area (TPSA) is 50.8 Å². The molecule has 1 saturated heterocycles. The number of likely N-dealkylation sites (N-methyl/N-ethyl adjacent to an activating group) is 1. The van der Waals surface area contributed by atoms with Crippen LogP contribution in [0, 0.1) is 0 Å². The minimum atomic E-state index is -0.179. The van der Waals surface area contributed by atoms with Gasteiger partial charge in [0.2, 0.25) is 0 Å². The molecular formula is C14H19ClN2O3. The highest BCUT2D eigenvalue weighted by molar-refractivity contribution is 6.32. The molecule has 0 aliphatic carbocycles. The molecule has 0 unspecified atom stereocenters. The van der Waals surface area contributed by atoms with E-state index in [2.05, 4.69) is 5.32 Å². The predicted molar refractivity (Wildman–Crippen MR) is 78.6 cm³/mol. The molecule has 0 bridgehead atoms. The van der Waals surface area contributed by atoms with Gasteiger partial charge in [-0.05, 0) is 31.0 Å². The van der Waals surface area contributed by atoms with Gasteiger partial charge >= 0.3 is 6.03 Å². The molecule has 110 valence electrons. The first-order valence-corrected chi connectivity index (χ1v) is 6.95. The van der Waals surface area contributed by atoms with Crippen molar-refractivity contribution in [3.63, 3.8) is 0 Å². The molecule has 2 rings (SSSR count). The van der Waals surface area contributed by atoms with Gasteiger partial charge in [-0.25, -0.2) is 4.79 Å². The average molecular weight is 299 g/mol. The molecule has 1 aromatic rings. The van der Waals surface area contributed by atoms with Gasteiger partial charge < -0.3 is 19.7 Å². The summed E-state index contributed by atoms with van der Waals surface area (Å²) in [6, 6.07) is 4.96. The van der Waals surface area contributed by atoms with Gasteiger partial charge in [0.05, 0.1) is 18.2 Å². The molecule has 0 saturated carbocycles. The molecule has 6 heteroatoms. The van der Waals surface area contributed by atoms with E-state index in [1.165, 1.54) is 0 Å². The molecular weight excluding hydrogens is 280 g/mol. The Morgan fingerprint density at radius 2 is 2.40 bits per heavy atom. The van der Waals surface area contributed by atoms with Gasteiger partial charge in [-0.2, -0.15) is 0 Å². The number of nitrogens with zero attached hydrogens (tertiary/aromatic N) is 1. The second-order valence-electron chi connectivity index (χ2n) is 4.80. The summed E-state index contributed by atoms with van der Waals surface area (Å²) in [5, 5.41) is 3.26. The van der Waals surface area contributed by atoms with Crippen molar-refractivity contribution >= 4 is 23.3 Å². The first-order chi connectivity index (χ1) is 9.60. The molecule has 5 nitrogen and oxygen atoms in total. The number of urea groups is 1. The van der Waals surface area contributed by atoms with Crippen molar-refractivity contribution in [1.82, 2.24) is 4.90 Å². The van der Waals surface area contributed by atoms with Crippen molar-refractivity contribution in [3.05, 3.63) is 23.2 Å². The third kappa shape index (κ3) is 3.77. The SMILES string of the molecule is COc1ccc(NC(=O)N(C)C[C@H]2CCCO2)cc1Cl. The third-order valence-corrected chi connectivity index (χ3v) is 3.55. The van der Waals surface area contributed by atoms with Crippen LogP contribution in [-0.2, 0) is 4.74 Å². The van der Waals surface area contributed by atoms with Crippen molar-refractivity contribution in [2.45, 2.75) is 18.9 Å². The lowest BCUT2D eigenvalue weighted by Crippen LogP contribution is -2.37. The van der Waals surface area contributed by atoms with Crippen LogP contribution in [0.3, 0.4) is 0 Å². The monoisotopic (exact) mass is 298 g/mol. The van der Waals surface area contributed by atoms with E-state index in [0.717, 1.165) is 19.4 Å². The Hall–Kier alpha value is -1.46. The fourth-order valence-corrected chi connectivity index (χ4v) is 2.40. The van der Waals surface area contributed by atoms with Crippen LogP contribution in [0.4, 0.5) is 10.5 Å². The van der Waals surface area contributed by atoms with Gasteiger partial charge in [-0.1, -0.05) is 11.6 Å². The third-order valence-electron chi connectivity index (χ3n) is 3.25. The van der Waals surface area contributed by atoms with Gasteiger partial charge in [0.1, 0.15) is 5.75 Å². The molecule has 1 N–H and O–H groups in total. The number of hydrogen-bond donors (Lipinski definition) is 1. The largest absolute Gasteiger partial charge is 0.495 e. The number of carbonyl (C=O) groups is 1. The molecule has 2 amide bonds. The van der Waals surface area contributed by atoms with Gasteiger partial charge in [-0.3, -0.25) is 0 Å². The van der Waals surface area contributed by atoms with Crippen molar-refractivity contribution < 1.29 is 14.3 Å². The molecule has 1 fully saturated rings. The van der Waals surface area contributed by atoms with E-state index in [9.17, 15) is 4.79 Å². The standard InChI is InChI=1S/C14H19ClN2O3/c1-17(9-11-4-3-7-20-11)14(18)16-10-5-6-13(19-2)12(15)8-10/h5-6,8,11H,3-4,7,9H2,1-2H3,(H,16,18)/t11-/m1/s1. The predicted octanol–water partition coefficient (Wildman–Crippen LogP) is 2.99. The smallest absolute Gasteiger partial charge is 0.321 e. The van der Waals surface area contributed by atoms with Crippen LogP contribution < -0.4 is 10.1 Å². The lowest BCUT2D eigenvalue weighted by atomic mass is 10.2. The maximum Gasteiger partial charge on any atom is 0.321 e. The summed E-state index contributed by atoms with van der Waals surface area (Å²) in [6.45, 7) is 1.38. The summed E-state index contributed by atoms with van der Waals surface area (Å²) >= 11 is 6.02. The molecule has 0 aromatic heterocycles. The van der Waals surface area contributed by atoms with Crippen molar-refractivity contribution in [3.8, 4) is 5.75 Å². The number of anilines is 1. The first-order valence-electron chi connectivity index (χ1n) is 6.57. The van der Waals surface area contributed by atoms with E-state index in [1.807, 2.05) is 0 Å². The van der Waals surface area contributed by atoms with Gasteiger partial charge in [-0.15, -0.1) is 0 Å². The highest BCUT2D eigenvalue weighted by Gasteiger charge is 2.20. The number of methoxy groups -OCH3 is 1. The van der Waals surface area contributed by atoms with E-state index in [4.69, 9.17) is 21.1 Å². The molecule has 1 aliphatic heterocycles. The summed E-state index contributed by atoms with van der Waals surface area (Å²) in [7, 11) is 3.30. The highest BCUT2D eigenvalue weighted by Crippen LogP contribution is 2.27. The second-order valence-corrected chi connectivity index (χ2v) is 5.20. The summed E-state index contributed by atoms with van der Waals surface area (Å²) in [4.78, 5) is 13.7. The van der Waals surface area contributed by atoms with Crippen LogP contribution in [0.25, 0.3) is 0 Å². The summed E-state index contributed by atoms with van der Waals surface area (Å²) in [5.74, 6) is 0.581. The van der Waals surface area contributed by atoms with Crippen LogP contribution in [0.2, 0.25) is 5.02 Å². The molecule has 1 aromatic carbocycles. The van der Waals surface area contributed by atoms with E-state index < -0.39 is 0 Å². The van der Waals surface area contributed by atoms with Crippen LogP contribution in [0.1, 0.15) is 12.8 Å². The molecule has 1 atom stereocenters. The second kappa shape index (κ2) is 6.81. The molecule has 1 heterocycles. The zero-order chi connectivity index (χ0) is 14.5. The Balaban J connectivity index is 1.91. The van der Waals surface area contributed by atoms with E-state index in [1.54, 1.807) is 37.3 Å². The Morgan fingerprint density at radius 3 is 3.00 bits per heavy atom. The van der Waals surface area contributed by atoms with E-state index in [-0.39, 0.29) is 12.1 Å². The minimum Gasteiger partial charge on any atom is -0.495 e.